The van der Waals surface area contributed by atoms with Crippen molar-refractivity contribution in [3.05, 3.63) is 68.1 Å². The highest BCUT2D eigenvalue weighted by molar-refractivity contribution is 5.76. The molecule has 4 rings (SSSR count). The molecule has 0 aliphatic heterocycles. The number of hydrogen-bond acceptors (Lipinski definition) is 3. The van der Waals surface area contributed by atoms with Crippen molar-refractivity contribution in [2.24, 2.45) is 7.05 Å². The fraction of sp³-hybridized carbons (Fsp3) is 0.409. The predicted octanol–water partition coefficient (Wildman–Crippen LogP) is 2.81. The van der Waals surface area contributed by atoms with Crippen LogP contribution in [0.4, 0.5) is 0 Å². The molecule has 0 aliphatic carbocycles. The van der Waals surface area contributed by atoms with Crippen molar-refractivity contribution >= 4 is 16.9 Å². The topological polar surface area (TPSA) is 66.2 Å². The summed E-state index contributed by atoms with van der Waals surface area (Å²) in [6, 6.07) is 9.90. The van der Waals surface area contributed by atoms with Crippen LogP contribution >= 0.6 is 0 Å². The fourth-order valence-electron chi connectivity index (χ4n) is 3.98. The van der Waals surface area contributed by atoms with Gasteiger partial charge in [-0.3, -0.25) is 18.3 Å². The summed E-state index contributed by atoms with van der Waals surface area (Å²) in [5.41, 5.74) is 3.51. The maximum absolute atomic E-state index is 13.4. The Morgan fingerprint density at radius 1 is 0.966 bits per heavy atom. The fourth-order valence-corrected chi connectivity index (χ4v) is 3.98. The van der Waals surface area contributed by atoms with Gasteiger partial charge in [-0.2, -0.15) is 4.98 Å². The van der Waals surface area contributed by atoms with Gasteiger partial charge < -0.3 is 4.57 Å². The van der Waals surface area contributed by atoms with Gasteiger partial charge in [0.05, 0.1) is 0 Å². The Hall–Kier alpha value is -3.09. The van der Waals surface area contributed by atoms with Gasteiger partial charge in [0.25, 0.3) is 5.56 Å². The lowest BCUT2D eigenvalue weighted by molar-refractivity contribution is 0.602. The van der Waals surface area contributed by atoms with E-state index in [1.165, 1.54) is 9.13 Å². The molecule has 0 N–H and O–H groups in total. The van der Waals surface area contributed by atoms with E-state index in [1.807, 2.05) is 41.7 Å². The van der Waals surface area contributed by atoms with Gasteiger partial charge >= 0.3 is 5.69 Å². The molecule has 0 unspecified atom stereocenters. The average molecular weight is 393 g/mol. The van der Waals surface area contributed by atoms with Gasteiger partial charge in [-0.25, -0.2) is 4.79 Å². The van der Waals surface area contributed by atoms with Gasteiger partial charge in [-0.05, 0) is 32.3 Å². The summed E-state index contributed by atoms with van der Waals surface area (Å²) in [4.78, 5) is 31.0. The van der Waals surface area contributed by atoms with E-state index in [-0.39, 0.29) is 11.2 Å². The molecule has 3 heterocycles. The van der Waals surface area contributed by atoms with Crippen molar-refractivity contribution in [2.45, 2.75) is 53.1 Å². The van der Waals surface area contributed by atoms with Crippen molar-refractivity contribution in [2.75, 3.05) is 0 Å². The van der Waals surface area contributed by atoms with Crippen LogP contribution in [-0.4, -0.2) is 23.1 Å². The summed E-state index contributed by atoms with van der Waals surface area (Å²) in [5, 5.41) is 0. The van der Waals surface area contributed by atoms with Crippen molar-refractivity contribution in [1.82, 2.24) is 23.1 Å². The van der Waals surface area contributed by atoms with Crippen LogP contribution in [0.25, 0.3) is 16.9 Å². The number of imidazole rings is 2. The Morgan fingerprint density at radius 2 is 1.69 bits per heavy atom. The molecule has 0 atom stereocenters. The van der Waals surface area contributed by atoms with E-state index in [2.05, 4.69) is 18.4 Å². The van der Waals surface area contributed by atoms with E-state index in [0.717, 1.165) is 42.1 Å². The molecule has 152 valence electrons. The molecule has 3 aromatic heterocycles. The number of unbranched alkanes of at least 4 members (excludes halogenated alkanes) is 1. The minimum absolute atomic E-state index is 0.276. The van der Waals surface area contributed by atoms with Crippen molar-refractivity contribution in [3.8, 4) is 0 Å². The third kappa shape index (κ3) is 3.01. The molecule has 0 spiro atoms. The standard InChI is InChI=1S/C22H27N5O2/c1-5-6-13-25-15(2)16(3)27-18-19(23-21(25)27)24(4)22(29)26(20(18)28)14-12-17-10-8-7-9-11-17/h7-11H,5-6,12-14H2,1-4H3. The second-order valence-electron chi connectivity index (χ2n) is 7.63. The van der Waals surface area contributed by atoms with Crippen LogP contribution in [0.2, 0.25) is 0 Å². The van der Waals surface area contributed by atoms with Crippen LogP contribution < -0.4 is 11.2 Å². The van der Waals surface area contributed by atoms with Gasteiger partial charge in [0.1, 0.15) is 0 Å². The quantitative estimate of drug-likeness (QED) is 0.506. The highest BCUT2D eigenvalue weighted by atomic mass is 16.2. The molecule has 0 bridgehead atoms. The second kappa shape index (κ2) is 7.39. The Kier molecular flexibility index (Phi) is 4.90. The second-order valence-corrected chi connectivity index (χ2v) is 7.63. The van der Waals surface area contributed by atoms with Crippen LogP contribution in [0.1, 0.15) is 36.7 Å². The van der Waals surface area contributed by atoms with Gasteiger partial charge in [-0.1, -0.05) is 43.7 Å². The van der Waals surface area contributed by atoms with Crippen LogP contribution in [0, 0.1) is 13.8 Å². The zero-order valence-electron chi connectivity index (χ0n) is 17.5. The molecule has 4 aromatic rings. The summed E-state index contributed by atoms with van der Waals surface area (Å²) in [5.74, 6) is 0.733. The normalized spacial score (nSPS) is 11.7. The van der Waals surface area contributed by atoms with E-state index in [4.69, 9.17) is 4.98 Å². The first-order valence-electron chi connectivity index (χ1n) is 10.2. The number of hydrogen-bond donors (Lipinski definition) is 0. The van der Waals surface area contributed by atoms with Crippen LogP contribution in [0.5, 0.6) is 0 Å². The molecule has 7 nitrogen and oxygen atoms in total. The molecule has 0 radical (unpaired) electrons. The SMILES string of the molecule is CCCCn1c(C)c(C)n2c3c(=O)n(CCc4ccccc4)c(=O)n(C)c3nc12. The van der Waals surface area contributed by atoms with Crippen molar-refractivity contribution < 1.29 is 0 Å². The minimum Gasteiger partial charge on any atom is -0.314 e. The number of nitrogens with zero attached hydrogens (tertiary/aromatic N) is 5. The lowest BCUT2D eigenvalue weighted by Gasteiger charge is -2.09. The van der Waals surface area contributed by atoms with Crippen molar-refractivity contribution in [3.63, 3.8) is 0 Å². The Balaban J connectivity index is 1.92. The van der Waals surface area contributed by atoms with Crippen LogP contribution in [0.15, 0.2) is 39.9 Å². The Morgan fingerprint density at radius 3 is 2.38 bits per heavy atom. The van der Waals surface area contributed by atoms with E-state index in [9.17, 15) is 9.59 Å². The van der Waals surface area contributed by atoms with E-state index < -0.39 is 0 Å². The molecule has 29 heavy (non-hydrogen) atoms. The number of aromatic nitrogens is 5. The molecule has 0 aliphatic rings. The predicted molar refractivity (Wildman–Crippen MR) is 115 cm³/mol. The molecule has 7 heteroatoms. The number of fused-ring (bicyclic) bond motifs is 3. The maximum Gasteiger partial charge on any atom is 0.332 e. The summed E-state index contributed by atoms with van der Waals surface area (Å²) in [6.07, 6.45) is 2.74. The van der Waals surface area contributed by atoms with E-state index >= 15 is 0 Å². The first-order valence-corrected chi connectivity index (χ1v) is 10.2. The highest BCUT2D eigenvalue weighted by Crippen LogP contribution is 2.21. The molecular formula is C22H27N5O2. The lowest BCUT2D eigenvalue weighted by Crippen LogP contribution is -2.39. The van der Waals surface area contributed by atoms with Gasteiger partial charge in [0.15, 0.2) is 11.2 Å². The molecule has 0 amide bonds. The molecule has 1 aromatic carbocycles. The third-order valence-corrected chi connectivity index (χ3v) is 5.83. The van der Waals surface area contributed by atoms with Gasteiger partial charge in [0.2, 0.25) is 5.78 Å². The molecule has 0 fully saturated rings. The van der Waals surface area contributed by atoms with Crippen LogP contribution in [0.3, 0.4) is 0 Å². The number of benzene rings is 1. The highest BCUT2D eigenvalue weighted by Gasteiger charge is 2.22. The molecule has 0 saturated heterocycles. The monoisotopic (exact) mass is 393 g/mol. The zero-order valence-corrected chi connectivity index (χ0v) is 17.5. The minimum atomic E-state index is -0.325. The first-order chi connectivity index (χ1) is 14.0. The molecule has 0 saturated carbocycles. The molecular weight excluding hydrogens is 366 g/mol. The Labute approximate surface area is 168 Å². The first kappa shape index (κ1) is 19.2. The summed E-state index contributed by atoms with van der Waals surface area (Å²) in [6.45, 7) is 7.40. The average Bonchev–Trinajstić information content (AvgIpc) is 3.22. The number of rotatable bonds is 6. The third-order valence-electron chi connectivity index (χ3n) is 5.83. The summed E-state index contributed by atoms with van der Waals surface area (Å²) in [7, 11) is 1.69. The van der Waals surface area contributed by atoms with E-state index in [1.54, 1.807) is 7.05 Å². The van der Waals surface area contributed by atoms with Gasteiger partial charge in [-0.15, -0.1) is 0 Å². The maximum atomic E-state index is 13.4. The smallest absolute Gasteiger partial charge is 0.314 e. The summed E-state index contributed by atoms with van der Waals surface area (Å²) >= 11 is 0. The number of aryl methyl sites for hydroxylation is 4. The van der Waals surface area contributed by atoms with Crippen LogP contribution in [-0.2, 0) is 26.6 Å². The van der Waals surface area contributed by atoms with Crippen molar-refractivity contribution in [1.29, 1.82) is 0 Å². The van der Waals surface area contributed by atoms with Gasteiger partial charge in [0, 0.05) is 31.5 Å². The zero-order chi connectivity index (χ0) is 20.7. The summed E-state index contributed by atoms with van der Waals surface area (Å²) < 4.78 is 6.90. The largest absolute Gasteiger partial charge is 0.332 e. The lowest BCUT2D eigenvalue weighted by atomic mass is 10.1. The van der Waals surface area contributed by atoms with E-state index in [0.29, 0.717) is 24.1 Å². The Bertz CT molecular complexity index is 1300.